The van der Waals surface area contributed by atoms with Crippen LogP contribution < -0.4 is 5.32 Å². The molecule has 3 nitrogen and oxygen atoms in total. The zero-order valence-electron chi connectivity index (χ0n) is 14.1. The van der Waals surface area contributed by atoms with Crippen LogP contribution in [0.15, 0.2) is 24.3 Å². The molecule has 0 aliphatic carbocycles. The predicted octanol–water partition coefficient (Wildman–Crippen LogP) is 2.71. The van der Waals surface area contributed by atoms with Gasteiger partial charge >= 0.3 is 0 Å². The van der Waals surface area contributed by atoms with Gasteiger partial charge in [-0.2, -0.15) is 0 Å². The minimum atomic E-state index is 0.539. The summed E-state index contributed by atoms with van der Waals surface area (Å²) in [6.45, 7) is 15.8. The van der Waals surface area contributed by atoms with Crippen LogP contribution in [-0.2, 0) is 13.1 Å². The second-order valence-corrected chi connectivity index (χ2v) is 6.57. The molecule has 1 heterocycles. The summed E-state index contributed by atoms with van der Waals surface area (Å²) in [4.78, 5) is 5.16. The van der Waals surface area contributed by atoms with Crippen molar-refractivity contribution < 1.29 is 0 Å². The van der Waals surface area contributed by atoms with Crippen molar-refractivity contribution in [3.63, 3.8) is 0 Å². The lowest BCUT2D eigenvalue weighted by Crippen LogP contribution is -2.51. The Morgan fingerprint density at radius 3 is 2.67 bits per heavy atom. The first kappa shape index (κ1) is 16.5. The number of hydrogen-bond acceptors (Lipinski definition) is 3. The minimum Gasteiger partial charge on any atom is -0.310 e. The summed E-state index contributed by atoms with van der Waals surface area (Å²) in [5.74, 6) is 0. The molecule has 1 aliphatic heterocycles. The number of nitrogens with zero attached hydrogens (tertiary/aromatic N) is 2. The number of rotatable bonds is 6. The molecule has 2 rings (SSSR count). The van der Waals surface area contributed by atoms with Gasteiger partial charge in [-0.05, 0) is 24.6 Å². The van der Waals surface area contributed by atoms with Crippen LogP contribution in [0.2, 0.25) is 0 Å². The van der Waals surface area contributed by atoms with Crippen LogP contribution in [0.25, 0.3) is 0 Å². The molecule has 1 unspecified atom stereocenters. The van der Waals surface area contributed by atoms with Crippen LogP contribution in [0.3, 0.4) is 0 Å². The second kappa shape index (κ2) is 7.92. The van der Waals surface area contributed by atoms with Crippen molar-refractivity contribution in [3.8, 4) is 0 Å². The average Bonchev–Trinajstić information content (AvgIpc) is 2.46. The first-order valence-electron chi connectivity index (χ1n) is 8.36. The molecule has 0 bridgehead atoms. The summed E-state index contributed by atoms with van der Waals surface area (Å²) in [5, 5.41) is 3.49. The van der Waals surface area contributed by atoms with Gasteiger partial charge in [0, 0.05) is 44.8 Å². The average molecular weight is 289 g/mol. The molecule has 1 saturated heterocycles. The van der Waals surface area contributed by atoms with Gasteiger partial charge in [-0.3, -0.25) is 9.80 Å². The van der Waals surface area contributed by atoms with Crippen molar-refractivity contribution in [1.82, 2.24) is 15.1 Å². The Labute approximate surface area is 130 Å². The van der Waals surface area contributed by atoms with Gasteiger partial charge in [0.2, 0.25) is 0 Å². The molecular weight excluding hydrogens is 258 g/mol. The lowest BCUT2D eigenvalue weighted by Gasteiger charge is -2.39. The van der Waals surface area contributed by atoms with Crippen molar-refractivity contribution in [2.75, 3.05) is 26.2 Å². The van der Waals surface area contributed by atoms with Gasteiger partial charge in [-0.25, -0.2) is 0 Å². The van der Waals surface area contributed by atoms with Gasteiger partial charge in [0.05, 0.1) is 0 Å². The molecule has 1 atom stereocenters. The van der Waals surface area contributed by atoms with E-state index in [0.29, 0.717) is 12.1 Å². The first-order valence-corrected chi connectivity index (χ1v) is 8.36. The zero-order valence-corrected chi connectivity index (χ0v) is 14.1. The van der Waals surface area contributed by atoms with Crippen molar-refractivity contribution in [2.24, 2.45) is 0 Å². The number of benzene rings is 1. The van der Waals surface area contributed by atoms with E-state index >= 15 is 0 Å². The number of hydrogen-bond donors (Lipinski definition) is 1. The highest BCUT2D eigenvalue weighted by Crippen LogP contribution is 2.14. The van der Waals surface area contributed by atoms with Crippen molar-refractivity contribution in [3.05, 3.63) is 35.4 Å². The molecule has 1 N–H and O–H groups in total. The monoisotopic (exact) mass is 289 g/mol. The van der Waals surface area contributed by atoms with Crippen molar-refractivity contribution in [2.45, 2.75) is 52.9 Å². The third-order valence-corrected chi connectivity index (χ3v) is 4.37. The van der Waals surface area contributed by atoms with Crippen LogP contribution in [0.4, 0.5) is 0 Å². The van der Waals surface area contributed by atoms with E-state index in [9.17, 15) is 0 Å². The molecule has 1 aliphatic rings. The van der Waals surface area contributed by atoms with E-state index in [1.807, 2.05) is 0 Å². The summed E-state index contributed by atoms with van der Waals surface area (Å²) < 4.78 is 0. The second-order valence-electron chi connectivity index (χ2n) is 6.57. The molecule has 0 spiro atoms. The third kappa shape index (κ3) is 5.10. The highest BCUT2D eigenvalue weighted by atomic mass is 15.3. The Hall–Kier alpha value is -0.900. The normalized spacial score (nSPS) is 21.1. The molecular formula is C18H31N3. The molecule has 1 fully saturated rings. The highest BCUT2D eigenvalue weighted by Gasteiger charge is 2.22. The Bertz CT molecular complexity index is 430. The van der Waals surface area contributed by atoms with Gasteiger partial charge in [0.1, 0.15) is 0 Å². The van der Waals surface area contributed by atoms with Crippen molar-refractivity contribution in [1.29, 1.82) is 0 Å². The van der Waals surface area contributed by atoms with E-state index in [1.165, 1.54) is 37.3 Å². The van der Waals surface area contributed by atoms with E-state index in [4.69, 9.17) is 0 Å². The fraction of sp³-hybridized carbons (Fsp3) is 0.667. The molecule has 0 amide bonds. The predicted molar refractivity (Wildman–Crippen MR) is 90.4 cm³/mol. The van der Waals surface area contributed by atoms with E-state index in [1.54, 1.807) is 0 Å². The molecule has 0 aromatic heterocycles. The summed E-state index contributed by atoms with van der Waals surface area (Å²) >= 11 is 0. The number of piperazine rings is 1. The van der Waals surface area contributed by atoms with Crippen LogP contribution in [0.1, 0.15) is 38.8 Å². The quantitative estimate of drug-likeness (QED) is 0.869. The maximum absolute atomic E-state index is 3.49. The molecule has 118 valence electrons. The maximum Gasteiger partial charge on any atom is 0.0235 e. The lowest BCUT2D eigenvalue weighted by molar-refractivity contribution is 0.0834. The van der Waals surface area contributed by atoms with Crippen LogP contribution in [0, 0.1) is 0 Å². The van der Waals surface area contributed by atoms with E-state index in [0.717, 1.165) is 13.1 Å². The first-order chi connectivity index (χ1) is 10.1. The topological polar surface area (TPSA) is 18.5 Å². The van der Waals surface area contributed by atoms with E-state index in [2.05, 4.69) is 67.1 Å². The number of likely N-dealkylation sites (N-methyl/N-ethyl adjacent to an activating group) is 1. The fourth-order valence-corrected chi connectivity index (χ4v) is 3.10. The highest BCUT2D eigenvalue weighted by molar-refractivity contribution is 5.23. The summed E-state index contributed by atoms with van der Waals surface area (Å²) in [6, 6.07) is 10.2. The molecule has 1 aromatic rings. The minimum absolute atomic E-state index is 0.539. The lowest BCUT2D eigenvalue weighted by atomic mass is 10.1. The Morgan fingerprint density at radius 1 is 1.24 bits per heavy atom. The van der Waals surface area contributed by atoms with Gasteiger partial charge in [0.15, 0.2) is 0 Å². The summed E-state index contributed by atoms with van der Waals surface area (Å²) in [6.07, 6.45) is 0. The fourth-order valence-electron chi connectivity index (χ4n) is 3.10. The Balaban J connectivity index is 1.89. The molecule has 0 radical (unpaired) electrons. The van der Waals surface area contributed by atoms with E-state index < -0.39 is 0 Å². The number of nitrogens with one attached hydrogen (secondary N) is 1. The zero-order chi connectivity index (χ0) is 15.2. The molecule has 3 heteroatoms. The molecule has 1 aromatic carbocycles. The van der Waals surface area contributed by atoms with Crippen LogP contribution in [-0.4, -0.2) is 48.1 Å². The standard InChI is InChI=1S/C18H31N3/c1-5-21-10-9-20(13-16(21)4)14-18-8-6-7-17(11-18)12-19-15(2)3/h6-8,11,15-16,19H,5,9-10,12-14H2,1-4H3. The van der Waals surface area contributed by atoms with Gasteiger partial charge in [-0.15, -0.1) is 0 Å². The third-order valence-electron chi connectivity index (χ3n) is 4.37. The van der Waals surface area contributed by atoms with Crippen LogP contribution >= 0.6 is 0 Å². The Kier molecular flexibility index (Phi) is 6.22. The van der Waals surface area contributed by atoms with E-state index in [-0.39, 0.29) is 0 Å². The molecule has 21 heavy (non-hydrogen) atoms. The van der Waals surface area contributed by atoms with Gasteiger partial charge < -0.3 is 5.32 Å². The Morgan fingerprint density at radius 2 is 2.00 bits per heavy atom. The SMILES string of the molecule is CCN1CCN(Cc2cccc(CNC(C)C)c2)CC1C. The smallest absolute Gasteiger partial charge is 0.0235 e. The largest absolute Gasteiger partial charge is 0.310 e. The summed E-state index contributed by atoms with van der Waals surface area (Å²) in [5.41, 5.74) is 2.83. The van der Waals surface area contributed by atoms with Crippen LogP contribution in [0.5, 0.6) is 0 Å². The van der Waals surface area contributed by atoms with Gasteiger partial charge in [0.25, 0.3) is 0 Å². The molecule has 0 saturated carbocycles. The van der Waals surface area contributed by atoms with Crippen molar-refractivity contribution >= 4 is 0 Å². The summed E-state index contributed by atoms with van der Waals surface area (Å²) in [7, 11) is 0. The van der Waals surface area contributed by atoms with Gasteiger partial charge in [-0.1, -0.05) is 45.0 Å². The maximum atomic E-state index is 3.49.